The molecule has 0 radical (unpaired) electrons. The van der Waals surface area contributed by atoms with Crippen LogP contribution in [0.1, 0.15) is 31.7 Å². The van der Waals surface area contributed by atoms with E-state index in [-0.39, 0.29) is 18.1 Å². The van der Waals surface area contributed by atoms with Gasteiger partial charge in [0.2, 0.25) is 5.91 Å². The van der Waals surface area contributed by atoms with E-state index in [1.165, 1.54) is 5.56 Å². The van der Waals surface area contributed by atoms with Crippen LogP contribution in [-0.4, -0.2) is 24.7 Å². The number of hydrogen-bond acceptors (Lipinski definition) is 3. The Balaban J connectivity index is 1.37. The van der Waals surface area contributed by atoms with Crippen LogP contribution in [0.3, 0.4) is 0 Å². The molecule has 3 rings (SSSR count). The zero-order valence-electron chi connectivity index (χ0n) is 14.6. The van der Waals surface area contributed by atoms with E-state index in [0.29, 0.717) is 19.4 Å². The van der Waals surface area contributed by atoms with Gasteiger partial charge in [-0.25, -0.2) is 0 Å². The Labute approximate surface area is 149 Å². The average Bonchev–Trinajstić information content (AvgIpc) is 2.65. The fourth-order valence-electron chi connectivity index (χ4n) is 2.94. The minimum Gasteiger partial charge on any atom is -0.486 e. The standard InChI is InChI=1S/C21H25NO3/c1-16(11-12-17-7-3-2-4-8-17)22-21(23)14-13-18-15-24-19-9-5-6-10-20(19)25-18/h2-10,16,18H,11-15H2,1H3,(H,22,23)/t16-,18+/m0/s1. The van der Waals surface area contributed by atoms with Gasteiger partial charge in [0.25, 0.3) is 0 Å². The van der Waals surface area contributed by atoms with Gasteiger partial charge in [0.1, 0.15) is 12.7 Å². The summed E-state index contributed by atoms with van der Waals surface area (Å²) in [7, 11) is 0. The third-order valence-corrected chi connectivity index (χ3v) is 4.38. The summed E-state index contributed by atoms with van der Waals surface area (Å²) in [5, 5.41) is 3.07. The van der Waals surface area contributed by atoms with Crippen molar-refractivity contribution in [1.29, 1.82) is 0 Å². The van der Waals surface area contributed by atoms with Crippen LogP contribution in [0.25, 0.3) is 0 Å². The molecule has 0 saturated heterocycles. The lowest BCUT2D eigenvalue weighted by molar-refractivity contribution is -0.122. The molecule has 2 aromatic rings. The second-order valence-corrected chi connectivity index (χ2v) is 6.53. The molecule has 0 unspecified atom stereocenters. The van der Waals surface area contributed by atoms with Crippen molar-refractivity contribution in [2.75, 3.05) is 6.61 Å². The molecular formula is C21H25NO3. The molecule has 0 saturated carbocycles. The third-order valence-electron chi connectivity index (χ3n) is 4.38. The summed E-state index contributed by atoms with van der Waals surface area (Å²) in [4.78, 5) is 12.1. The Hall–Kier alpha value is -2.49. The first-order chi connectivity index (χ1) is 12.2. The van der Waals surface area contributed by atoms with Gasteiger partial charge in [-0.3, -0.25) is 4.79 Å². The quantitative estimate of drug-likeness (QED) is 0.836. The van der Waals surface area contributed by atoms with Crippen LogP contribution in [0.2, 0.25) is 0 Å². The highest BCUT2D eigenvalue weighted by Gasteiger charge is 2.21. The average molecular weight is 339 g/mol. The van der Waals surface area contributed by atoms with Crippen LogP contribution in [0.15, 0.2) is 54.6 Å². The number of aryl methyl sites for hydroxylation is 1. The van der Waals surface area contributed by atoms with Gasteiger partial charge >= 0.3 is 0 Å². The van der Waals surface area contributed by atoms with Gasteiger partial charge in [-0.05, 0) is 43.9 Å². The van der Waals surface area contributed by atoms with Gasteiger partial charge < -0.3 is 14.8 Å². The summed E-state index contributed by atoms with van der Waals surface area (Å²) >= 11 is 0. The van der Waals surface area contributed by atoms with E-state index < -0.39 is 0 Å². The maximum absolute atomic E-state index is 12.1. The molecule has 0 spiro atoms. The molecule has 1 amide bonds. The molecule has 2 atom stereocenters. The lowest BCUT2D eigenvalue weighted by Gasteiger charge is -2.26. The number of ether oxygens (including phenoxy) is 2. The first-order valence-electron chi connectivity index (χ1n) is 8.92. The van der Waals surface area contributed by atoms with Gasteiger partial charge in [-0.15, -0.1) is 0 Å². The lowest BCUT2D eigenvalue weighted by Crippen LogP contribution is -2.35. The zero-order chi connectivity index (χ0) is 17.5. The normalized spacial score (nSPS) is 16.9. The Kier molecular flexibility index (Phi) is 5.94. The highest BCUT2D eigenvalue weighted by atomic mass is 16.6. The summed E-state index contributed by atoms with van der Waals surface area (Å²) in [5.74, 6) is 1.61. The van der Waals surface area contributed by atoms with Gasteiger partial charge in [-0.1, -0.05) is 42.5 Å². The molecule has 0 bridgehead atoms. The van der Waals surface area contributed by atoms with E-state index in [2.05, 4.69) is 24.4 Å². The van der Waals surface area contributed by atoms with Gasteiger partial charge in [-0.2, -0.15) is 0 Å². The van der Waals surface area contributed by atoms with Crippen molar-refractivity contribution in [3.05, 3.63) is 60.2 Å². The van der Waals surface area contributed by atoms with Crippen molar-refractivity contribution in [2.45, 2.75) is 44.8 Å². The predicted octanol–water partition coefficient (Wildman–Crippen LogP) is 3.74. The van der Waals surface area contributed by atoms with E-state index in [4.69, 9.17) is 9.47 Å². The molecule has 0 fully saturated rings. The van der Waals surface area contributed by atoms with E-state index in [0.717, 1.165) is 24.3 Å². The van der Waals surface area contributed by atoms with E-state index in [9.17, 15) is 4.79 Å². The molecule has 0 aromatic heterocycles. The highest BCUT2D eigenvalue weighted by Crippen LogP contribution is 2.31. The molecule has 4 nitrogen and oxygen atoms in total. The minimum absolute atomic E-state index is 0.0692. The molecule has 0 aliphatic carbocycles. The smallest absolute Gasteiger partial charge is 0.220 e. The van der Waals surface area contributed by atoms with Crippen LogP contribution in [0.4, 0.5) is 0 Å². The second-order valence-electron chi connectivity index (χ2n) is 6.53. The monoisotopic (exact) mass is 339 g/mol. The summed E-state index contributed by atoms with van der Waals surface area (Å²) in [6, 6.07) is 18.1. The maximum Gasteiger partial charge on any atom is 0.220 e. The number of carbonyl (C=O) groups is 1. The summed E-state index contributed by atoms with van der Waals surface area (Å²) in [6.45, 7) is 2.55. The number of carbonyl (C=O) groups excluding carboxylic acids is 1. The SMILES string of the molecule is C[C@@H](CCc1ccccc1)NC(=O)CC[C@@H]1COc2ccccc2O1. The minimum atomic E-state index is -0.0692. The topological polar surface area (TPSA) is 47.6 Å². The van der Waals surface area contributed by atoms with E-state index >= 15 is 0 Å². The Morgan fingerprint density at radius 1 is 1.12 bits per heavy atom. The second kappa shape index (κ2) is 8.56. The van der Waals surface area contributed by atoms with Crippen LogP contribution >= 0.6 is 0 Å². The van der Waals surface area contributed by atoms with E-state index in [1.54, 1.807) is 0 Å². The third kappa shape index (κ3) is 5.24. The van der Waals surface area contributed by atoms with Crippen molar-refractivity contribution in [3.63, 3.8) is 0 Å². The number of fused-ring (bicyclic) bond motifs is 1. The number of rotatable bonds is 7. The maximum atomic E-state index is 12.1. The first-order valence-corrected chi connectivity index (χ1v) is 8.92. The first kappa shape index (κ1) is 17.3. The Morgan fingerprint density at radius 2 is 1.84 bits per heavy atom. The summed E-state index contributed by atoms with van der Waals surface area (Å²) < 4.78 is 11.6. The van der Waals surface area contributed by atoms with Crippen LogP contribution in [0.5, 0.6) is 11.5 Å². The predicted molar refractivity (Wildman–Crippen MR) is 98.0 cm³/mol. The molecule has 1 N–H and O–H groups in total. The van der Waals surface area contributed by atoms with Crippen LogP contribution < -0.4 is 14.8 Å². The molecule has 4 heteroatoms. The summed E-state index contributed by atoms with van der Waals surface area (Å²) in [5.41, 5.74) is 1.30. The zero-order valence-corrected chi connectivity index (χ0v) is 14.6. The molecule has 1 aliphatic rings. The molecule has 2 aromatic carbocycles. The summed E-state index contributed by atoms with van der Waals surface area (Å²) in [6.07, 6.45) is 2.95. The molecule has 132 valence electrons. The van der Waals surface area contributed by atoms with E-state index in [1.807, 2.05) is 42.5 Å². The number of amides is 1. The fourth-order valence-corrected chi connectivity index (χ4v) is 2.94. The Bertz CT molecular complexity index is 687. The van der Waals surface area contributed by atoms with Crippen molar-refractivity contribution in [3.8, 4) is 11.5 Å². The van der Waals surface area contributed by atoms with Crippen molar-refractivity contribution >= 4 is 5.91 Å². The number of nitrogens with one attached hydrogen (secondary N) is 1. The van der Waals surface area contributed by atoms with Crippen molar-refractivity contribution in [2.24, 2.45) is 0 Å². The number of hydrogen-bond donors (Lipinski definition) is 1. The molecule has 25 heavy (non-hydrogen) atoms. The van der Waals surface area contributed by atoms with Gasteiger partial charge in [0.15, 0.2) is 11.5 Å². The fraction of sp³-hybridized carbons (Fsp3) is 0.381. The van der Waals surface area contributed by atoms with Crippen LogP contribution in [0, 0.1) is 0 Å². The number of benzene rings is 2. The van der Waals surface area contributed by atoms with Crippen molar-refractivity contribution in [1.82, 2.24) is 5.32 Å². The van der Waals surface area contributed by atoms with Crippen LogP contribution in [-0.2, 0) is 11.2 Å². The van der Waals surface area contributed by atoms with Gasteiger partial charge in [0.05, 0.1) is 0 Å². The molecule has 1 heterocycles. The molecular weight excluding hydrogens is 314 g/mol. The van der Waals surface area contributed by atoms with Gasteiger partial charge in [0, 0.05) is 12.5 Å². The number of para-hydroxylation sites is 2. The van der Waals surface area contributed by atoms with Crippen molar-refractivity contribution < 1.29 is 14.3 Å². The largest absolute Gasteiger partial charge is 0.486 e. The lowest BCUT2D eigenvalue weighted by atomic mass is 10.1. The Morgan fingerprint density at radius 3 is 2.64 bits per heavy atom. The molecule has 1 aliphatic heterocycles. The highest BCUT2D eigenvalue weighted by molar-refractivity contribution is 5.76.